The molecule has 0 bridgehead atoms. The zero-order valence-electron chi connectivity index (χ0n) is 6.70. The van der Waals surface area contributed by atoms with Crippen LogP contribution in [-0.2, 0) is 0 Å². The fourth-order valence-electron chi connectivity index (χ4n) is 0.927. The standard InChI is InChI=1S/C8H14F2/c1-6(2)4-7(3)8(10)5-9/h5-7H,4H2,1-3H3/b8-5-/t7-/m1/s1. The van der Waals surface area contributed by atoms with E-state index in [0.29, 0.717) is 12.3 Å². The zero-order valence-corrected chi connectivity index (χ0v) is 6.70. The van der Waals surface area contributed by atoms with Crippen molar-refractivity contribution < 1.29 is 8.78 Å². The van der Waals surface area contributed by atoms with Crippen LogP contribution < -0.4 is 0 Å². The predicted molar refractivity (Wildman–Crippen MR) is 38.9 cm³/mol. The van der Waals surface area contributed by atoms with Gasteiger partial charge < -0.3 is 0 Å². The molecule has 0 saturated carbocycles. The Hall–Kier alpha value is -0.400. The quantitative estimate of drug-likeness (QED) is 0.575. The molecule has 0 rings (SSSR count). The van der Waals surface area contributed by atoms with Crippen LogP contribution in [-0.4, -0.2) is 0 Å². The Kier molecular flexibility index (Phi) is 4.24. The van der Waals surface area contributed by atoms with Gasteiger partial charge in [-0.1, -0.05) is 20.8 Å². The first-order chi connectivity index (χ1) is 4.57. The van der Waals surface area contributed by atoms with Crippen molar-refractivity contribution in [2.45, 2.75) is 27.2 Å². The Morgan fingerprint density at radius 1 is 1.40 bits per heavy atom. The fraction of sp³-hybridized carbons (Fsp3) is 0.750. The van der Waals surface area contributed by atoms with E-state index in [9.17, 15) is 8.78 Å². The highest BCUT2D eigenvalue weighted by atomic mass is 19.2. The molecule has 0 nitrogen and oxygen atoms in total. The van der Waals surface area contributed by atoms with Gasteiger partial charge >= 0.3 is 0 Å². The first-order valence-electron chi connectivity index (χ1n) is 3.53. The third-order valence-electron chi connectivity index (χ3n) is 1.40. The molecule has 0 aromatic heterocycles. The van der Waals surface area contributed by atoms with E-state index in [4.69, 9.17) is 0 Å². The molecule has 0 aromatic carbocycles. The van der Waals surface area contributed by atoms with E-state index in [1.807, 2.05) is 13.8 Å². The van der Waals surface area contributed by atoms with Crippen LogP contribution in [0.4, 0.5) is 8.78 Å². The van der Waals surface area contributed by atoms with Gasteiger partial charge in [-0.3, -0.25) is 0 Å². The average molecular weight is 148 g/mol. The van der Waals surface area contributed by atoms with Crippen LogP contribution in [0.1, 0.15) is 27.2 Å². The van der Waals surface area contributed by atoms with Gasteiger partial charge in [-0.2, -0.15) is 0 Å². The van der Waals surface area contributed by atoms with E-state index in [0.717, 1.165) is 0 Å². The van der Waals surface area contributed by atoms with Gasteiger partial charge in [0.15, 0.2) is 0 Å². The maximum Gasteiger partial charge on any atom is 0.131 e. The molecule has 0 saturated heterocycles. The molecule has 0 amide bonds. The Labute approximate surface area is 60.9 Å². The molecule has 0 radical (unpaired) electrons. The van der Waals surface area contributed by atoms with Gasteiger partial charge in [-0.25, -0.2) is 8.78 Å². The molecule has 0 aliphatic rings. The van der Waals surface area contributed by atoms with Crippen molar-refractivity contribution in [3.63, 3.8) is 0 Å². The molecule has 0 fully saturated rings. The minimum atomic E-state index is -0.645. The summed E-state index contributed by atoms with van der Waals surface area (Å²) in [5.74, 6) is -0.501. The van der Waals surface area contributed by atoms with Crippen LogP contribution in [0.25, 0.3) is 0 Å². The second kappa shape index (κ2) is 4.42. The smallest absolute Gasteiger partial charge is 0.131 e. The van der Waals surface area contributed by atoms with Crippen molar-refractivity contribution in [1.29, 1.82) is 0 Å². The number of rotatable bonds is 3. The summed E-state index contributed by atoms with van der Waals surface area (Å²) in [5, 5.41) is 0. The van der Waals surface area contributed by atoms with E-state index in [1.54, 1.807) is 6.92 Å². The minimum Gasteiger partial charge on any atom is -0.213 e. The maximum atomic E-state index is 12.4. The minimum absolute atomic E-state index is 0.0487. The molecule has 2 heteroatoms. The fourth-order valence-corrected chi connectivity index (χ4v) is 0.927. The summed E-state index contributed by atoms with van der Waals surface area (Å²) >= 11 is 0. The first-order valence-corrected chi connectivity index (χ1v) is 3.53. The van der Waals surface area contributed by atoms with Gasteiger partial charge in [-0.15, -0.1) is 0 Å². The van der Waals surface area contributed by atoms with Crippen molar-refractivity contribution in [2.24, 2.45) is 11.8 Å². The Morgan fingerprint density at radius 2 is 1.90 bits per heavy atom. The van der Waals surface area contributed by atoms with E-state index in [-0.39, 0.29) is 12.2 Å². The van der Waals surface area contributed by atoms with Crippen LogP contribution >= 0.6 is 0 Å². The van der Waals surface area contributed by atoms with Crippen LogP contribution in [0.15, 0.2) is 12.2 Å². The molecule has 10 heavy (non-hydrogen) atoms. The average Bonchev–Trinajstić information content (AvgIpc) is 1.85. The summed E-state index contributed by atoms with van der Waals surface area (Å²) in [6.07, 6.45) is 0.749. The molecule has 0 N–H and O–H groups in total. The van der Waals surface area contributed by atoms with Crippen LogP contribution in [0.2, 0.25) is 0 Å². The summed E-state index contributed by atoms with van der Waals surface area (Å²) in [6.45, 7) is 5.66. The third-order valence-corrected chi connectivity index (χ3v) is 1.40. The molecule has 0 aliphatic heterocycles. The SMILES string of the molecule is CC(C)C[C@@H](C)/C(F)=C/F. The lowest BCUT2D eigenvalue weighted by Crippen LogP contribution is -1.99. The summed E-state index contributed by atoms with van der Waals surface area (Å²) in [6, 6.07) is 0. The number of halogens is 2. The maximum absolute atomic E-state index is 12.4. The lowest BCUT2D eigenvalue weighted by molar-refractivity contribution is 0.400. The summed E-state index contributed by atoms with van der Waals surface area (Å²) in [4.78, 5) is 0. The van der Waals surface area contributed by atoms with Crippen LogP contribution in [0.5, 0.6) is 0 Å². The molecule has 1 atom stereocenters. The van der Waals surface area contributed by atoms with Gasteiger partial charge in [-0.05, 0) is 12.3 Å². The molecular formula is C8H14F2. The monoisotopic (exact) mass is 148 g/mol. The zero-order chi connectivity index (χ0) is 8.15. The molecule has 0 unspecified atom stereocenters. The van der Waals surface area contributed by atoms with Gasteiger partial charge in [0.2, 0.25) is 0 Å². The molecule has 0 heterocycles. The summed E-state index contributed by atoms with van der Waals surface area (Å²) in [7, 11) is 0. The normalized spacial score (nSPS) is 16.0. The Morgan fingerprint density at radius 3 is 2.20 bits per heavy atom. The second-order valence-electron chi connectivity index (χ2n) is 3.02. The van der Waals surface area contributed by atoms with Crippen molar-refractivity contribution in [3.8, 4) is 0 Å². The largest absolute Gasteiger partial charge is 0.213 e. The molecule has 60 valence electrons. The van der Waals surface area contributed by atoms with Crippen molar-refractivity contribution in [1.82, 2.24) is 0 Å². The van der Waals surface area contributed by atoms with Gasteiger partial charge in [0, 0.05) is 5.92 Å². The third kappa shape index (κ3) is 3.59. The van der Waals surface area contributed by atoms with Crippen LogP contribution in [0.3, 0.4) is 0 Å². The van der Waals surface area contributed by atoms with Gasteiger partial charge in [0.1, 0.15) is 12.2 Å². The molecule has 0 aromatic rings. The number of hydrogen-bond acceptors (Lipinski definition) is 0. The van der Waals surface area contributed by atoms with E-state index < -0.39 is 5.83 Å². The predicted octanol–water partition coefficient (Wildman–Crippen LogP) is 3.45. The van der Waals surface area contributed by atoms with Crippen molar-refractivity contribution in [2.75, 3.05) is 0 Å². The highest BCUT2D eigenvalue weighted by Crippen LogP contribution is 2.20. The van der Waals surface area contributed by atoms with Crippen LogP contribution in [0, 0.1) is 11.8 Å². The lowest BCUT2D eigenvalue weighted by atomic mass is 9.98. The highest BCUT2D eigenvalue weighted by molar-refractivity contribution is 4.90. The number of hydrogen-bond donors (Lipinski definition) is 0. The van der Waals surface area contributed by atoms with E-state index >= 15 is 0 Å². The highest BCUT2D eigenvalue weighted by Gasteiger charge is 2.09. The van der Waals surface area contributed by atoms with Gasteiger partial charge in [0.25, 0.3) is 0 Å². The Balaban J connectivity index is 3.73. The van der Waals surface area contributed by atoms with Gasteiger partial charge in [0.05, 0.1) is 0 Å². The van der Waals surface area contributed by atoms with Crippen molar-refractivity contribution >= 4 is 0 Å². The lowest BCUT2D eigenvalue weighted by Gasteiger charge is -2.09. The van der Waals surface area contributed by atoms with Crippen molar-refractivity contribution in [3.05, 3.63) is 12.2 Å². The molecular weight excluding hydrogens is 134 g/mol. The summed E-state index contributed by atoms with van der Waals surface area (Å²) in [5.41, 5.74) is 0. The first kappa shape index (κ1) is 9.60. The number of allylic oxidation sites excluding steroid dienone is 1. The van der Waals surface area contributed by atoms with E-state index in [2.05, 4.69) is 0 Å². The Bertz CT molecular complexity index is 116. The molecule has 0 aliphatic carbocycles. The topological polar surface area (TPSA) is 0 Å². The second-order valence-corrected chi connectivity index (χ2v) is 3.02. The summed E-state index contributed by atoms with van der Waals surface area (Å²) < 4.78 is 23.9. The van der Waals surface area contributed by atoms with E-state index in [1.165, 1.54) is 0 Å². The molecule has 0 spiro atoms.